The zero-order valence-corrected chi connectivity index (χ0v) is 14.4. The first kappa shape index (κ1) is 15.9. The van der Waals surface area contributed by atoms with E-state index in [1.54, 1.807) is 0 Å². The fraction of sp³-hybridized carbons (Fsp3) is 0.786. The lowest BCUT2D eigenvalue weighted by Gasteiger charge is -2.31. The number of hydrogen-bond donors (Lipinski definition) is 1. The highest BCUT2D eigenvalue weighted by molar-refractivity contribution is 9.10. The fourth-order valence-electron chi connectivity index (χ4n) is 2.96. The summed E-state index contributed by atoms with van der Waals surface area (Å²) in [7, 11) is 6.17. The third-order valence-electron chi connectivity index (χ3n) is 4.22. The normalized spacial score (nSPS) is 23.8. The molecule has 2 rings (SSSR count). The Kier molecular flexibility index (Phi) is 5.23. The Morgan fingerprint density at radius 1 is 1.35 bits per heavy atom. The molecule has 2 heterocycles. The molecule has 2 atom stereocenters. The Balaban J connectivity index is 2.11. The molecule has 0 radical (unpaired) electrons. The quantitative estimate of drug-likeness (QED) is 0.889. The maximum atomic E-state index is 10.7. The van der Waals surface area contributed by atoms with E-state index in [9.17, 15) is 5.11 Å². The molecule has 20 heavy (non-hydrogen) atoms. The number of aromatic nitrogens is 2. The van der Waals surface area contributed by atoms with Crippen molar-refractivity contribution in [2.45, 2.75) is 31.9 Å². The second kappa shape index (κ2) is 6.56. The van der Waals surface area contributed by atoms with Crippen molar-refractivity contribution in [3.63, 3.8) is 0 Å². The minimum Gasteiger partial charge on any atom is -0.391 e. The molecule has 6 heteroatoms. The molecule has 1 aromatic heterocycles. The topological polar surface area (TPSA) is 44.5 Å². The highest BCUT2D eigenvalue weighted by Gasteiger charge is 2.28. The Morgan fingerprint density at radius 2 is 2.05 bits per heavy atom. The average molecular weight is 345 g/mol. The molecule has 0 aliphatic carbocycles. The van der Waals surface area contributed by atoms with Crippen LogP contribution in [-0.4, -0.2) is 70.6 Å². The van der Waals surface area contributed by atoms with Crippen molar-refractivity contribution in [3.05, 3.63) is 15.9 Å². The molecular formula is C14H25BrN4O. The summed E-state index contributed by atoms with van der Waals surface area (Å²) >= 11 is 3.58. The van der Waals surface area contributed by atoms with E-state index in [4.69, 9.17) is 0 Å². The number of rotatable bonds is 3. The van der Waals surface area contributed by atoms with Gasteiger partial charge in [0.15, 0.2) is 0 Å². The fourth-order valence-corrected chi connectivity index (χ4v) is 3.46. The van der Waals surface area contributed by atoms with Crippen LogP contribution in [0.1, 0.15) is 17.8 Å². The molecule has 1 aliphatic rings. The summed E-state index contributed by atoms with van der Waals surface area (Å²) in [6.45, 7) is 5.03. The first-order valence-corrected chi connectivity index (χ1v) is 7.94. The first-order valence-electron chi connectivity index (χ1n) is 7.15. The van der Waals surface area contributed by atoms with Crippen molar-refractivity contribution >= 4 is 15.9 Å². The third kappa shape index (κ3) is 3.42. The van der Waals surface area contributed by atoms with Gasteiger partial charge >= 0.3 is 0 Å². The van der Waals surface area contributed by atoms with E-state index < -0.39 is 0 Å². The smallest absolute Gasteiger partial charge is 0.0763 e. The van der Waals surface area contributed by atoms with Crippen LogP contribution in [0.3, 0.4) is 0 Å². The molecule has 1 N–H and O–H groups in total. The predicted molar refractivity (Wildman–Crippen MR) is 83.9 cm³/mol. The lowest BCUT2D eigenvalue weighted by Crippen LogP contribution is -2.47. The third-order valence-corrected chi connectivity index (χ3v) is 5.26. The number of nitrogens with zero attached hydrogens (tertiary/aromatic N) is 4. The van der Waals surface area contributed by atoms with E-state index in [0.717, 1.165) is 41.9 Å². The Labute approximate surface area is 129 Å². The SMILES string of the molecule is Cc1nn(C)c(CC(O)C2CN(C)CCCN2C)c1Br. The molecule has 0 bridgehead atoms. The van der Waals surface area contributed by atoms with Gasteiger partial charge < -0.3 is 10.0 Å². The van der Waals surface area contributed by atoms with E-state index in [1.807, 2.05) is 18.7 Å². The average Bonchev–Trinajstić information content (AvgIpc) is 2.54. The number of hydrogen-bond acceptors (Lipinski definition) is 4. The van der Waals surface area contributed by atoms with Gasteiger partial charge in [-0.3, -0.25) is 9.58 Å². The molecule has 1 aromatic rings. The van der Waals surface area contributed by atoms with Crippen molar-refractivity contribution in [1.82, 2.24) is 19.6 Å². The van der Waals surface area contributed by atoms with Crippen LogP contribution in [0.15, 0.2) is 4.47 Å². The van der Waals surface area contributed by atoms with Crippen molar-refractivity contribution in [2.75, 3.05) is 33.7 Å². The molecule has 1 saturated heterocycles. The summed E-state index contributed by atoms with van der Waals surface area (Å²) in [4.78, 5) is 4.59. The Hall–Kier alpha value is -0.430. The maximum Gasteiger partial charge on any atom is 0.0763 e. The van der Waals surface area contributed by atoms with Crippen LogP contribution in [-0.2, 0) is 13.5 Å². The summed E-state index contributed by atoms with van der Waals surface area (Å²) in [6.07, 6.45) is 1.40. The molecule has 0 aromatic carbocycles. The number of aryl methyl sites for hydroxylation is 2. The van der Waals surface area contributed by atoms with Gasteiger partial charge in [0, 0.05) is 26.1 Å². The van der Waals surface area contributed by atoms with Crippen molar-refractivity contribution in [2.24, 2.45) is 7.05 Å². The van der Waals surface area contributed by atoms with Crippen LogP contribution in [0.25, 0.3) is 0 Å². The van der Waals surface area contributed by atoms with Crippen LogP contribution in [0.2, 0.25) is 0 Å². The zero-order valence-electron chi connectivity index (χ0n) is 12.8. The molecule has 1 aliphatic heterocycles. The number of halogens is 1. The Morgan fingerprint density at radius 3 is 2.65 bits per heavy atom. The van der Waals surface area contributed by atoms with E-state index in [2.05, 4.69) is 44.9 Å². The second-order valence-corrected chi connectivity index (χ2v) is 6.70. The molecular weight excluding hydrogens is 320 g/mol. The number of aliphatic hydroxyl groups excluding tert-OH is 1. The highest BCUT2D eigenvalue weighted by atomic mass is 79.9. The van der Waals surface area contributed by atoms with Gasteiger partial charge in [-0.05, 0) is 56.5 Å². The highest BCUT2D eigenvalue weighted by Crippen LogP contribution is 2.23. The first-order chi connectivity index (χ1) is 9.40. The summed E-state index contributed by atoms with van der Waals surface area (Å²) in [5.41, 5.74) is 2.04. The van der Waals surface area contributed by atoms with Gasteiger partial charge in [0.1, 0.15) is 0 Å². The monoisotopic (exact) mass is 344 g/mol. The van der Waals surface area contributed by atoms with Gasteiger partial charge in [-0.15, -0.1) is 0 Å². The summed E-state index contributed by atoms with van der Waals surface area (Å²) in [5, 5.41) is 15.1. The summed E-state index contributed by atoms with van der Waals surface area (Å²) < 4.78 is 2.88. The lowest BCUT2D eigenvalue weighted by atomic mass is 10.0. The van der Waals surface area contributed by atoms with Crippen LogP contribution in [0.4, 0.5) is 0 Å². The molecule has 5 nitrogen and oxygen atoms in total. The van der Waals surface area contributed by atoms with Crippen LogP contribution >= 0.6 is 15.9 Å². The zero-order chi connectivity index (χ0) is 14.9. The minimum atomic E-state index is -0.383. The standard InChI is InChI=1S/C14H25BrN4O/c1-10-14(15)11(19(4)16-10)8-13(20)12-9-17(2)6-5-7-18(12)3/h12-13,20H,5-9H2,1-4H3. The van der Waals surface area contributed by atoms with Gasteiger partial charge in [0.25, 0.3) is 0 Å². The molecule has 1 fully saturated rings. The van der Waals surface area contributed by atoms with E-state index in [-0.39, 0.29) is 12.1 Å². The molecule has 0 spiro atoms. The lowest BCUT2D eigenvalue weighted by molar-refractivity contribution is 0.0567. The van der Waals surface area contributed by atoms with Crippen LogP contribution < -0.4 is 0 Å². The van der Waals surface area contributed by atoms with Gasteiger partial charge in [-0.1, -0.05) is 0 Å². The second-order valence-electron chi connectivity index (χ2n) is 5.90. The number of likely N-dealkylation sites (N-methyl/N-ethyl adjacent to an activating group) is 2. The molecule has 0 saturated carbocycles. The van der Waals surface area contributed by atoms with Crippen molar-refractivity contribution in [3.8, 4) is 0 Å². The van der Waals surface area contributed by atoms with Gasteiger partial charge in [0.2, 0.25) is 0 Å². The van der Waals surface area contributed by atoms with Crippen molar-refractivity contribution in [1.29, 1.82) is 0 Å². The Bertz CT molecular complexity index is 462. The van der Waals surface area contributed by atoms with E-state index >= 15 is 0 Å². The molecule has 0 amide bonds. The van der Waals surface area contributed by atoms with Gasteiger partial charge in [-0.25, -0.2) is 0 Å². The minimum absolute atomic E-state index is 0.171. The van der Waals surface area contributed by atoms with E-state index in [1.165, 1.54) is 0 Å². The van der Waals surface area contributed by atoms with Crippen molar-refractivity contribution < 1.29 is 5.11 Å². The summed E-state index contributed by atoms with van der Waals surface area (Å²) in [5.74, 6) is 0. The van der Waals surface area contributed by atoms with Gasteiger partial charge in [0.05, 0.1) is 22.0 Å². The van der Waals surface area contributed by atoms with Crippen LogP contribution in [0, 0.1) is 6.92 Å². The van der Waals surface area contributed by atoms with Crippen LogP contribution in [0.5, 0.6) is 0 Å². The molecule has 2 unspecified atom stereocenters. The predicted octanol–water partition coefficient (Wildman–Crippen LogP) is 1.03. The number of aliphatic hydroxyl groups is 1. The van der Waals surface area contributed by atoms with Gasteiger partial charge in [-0.2, -0.15) is 5.10 Å². The molecule has 114 valence electrons. The summed E-state index contributed by atoms with van der Waals surface area (Å²) in [6, 6.07) is 0.171. The maximum absolute atomic E-state index is 10.7. The van der Waals surface area contributed by atoms with E-state index in [0.29, 0.717) is 6.42 Å². The largest absolute Gasteiger partial charge is 0.391 e.